The second-order valence-corrected chi connectivity index (χ2v) is 8.54. The molecule has 8 nitrogen and oxygen atoms in total. The van der Waals surface area contributed by atoms with Gasteiger partial charge in [-0.05, 0) is 50.1 Å². The molecule has 11 heteroatoms. The van der Waals surface area contributed by atoms with Gasteiger partial charge < -0.3 is 20.1 Å². The molecule has 41 heavy (non-hydrogen) atoms. The minimum atomic E-state index is -2.75. The smallest absolute Gasteiger partial charge is 0.408 e. The Morgan fingerprint density at radius 1 is 1.20 bits per heavy atom. The third-order valence-electron chi connectivity index (χ3n) is 5.41. The van der Waals surface area contributed by atoms with Crippen molar-refractivity contribution in [3.8, 4) is 17.8 Å². The Labute approximate surface area is 240 Å². The maximum Gasteiger partial charge on any atom is 0.408 e. The van der Waals surface area contributed by atoms with E-state index in [1.54, 1.807) is 54.9 Å². The lowest BCUT2D eigenvalue weighted by atomic mass is 9.97. The average molecular weight is 574 g/mol. The lowest BCUT2D eigenvalue weighted by Gasteiger charge is -2.19. The molecule has 0 fully saturated rings. The van der Waals surface area contributed by atoms with Gasteiger partial charge in [0, 0.05) is 36.3 Å². The van der Waals surface area contributed by atoms with E-state index in [0.29, 0.717) is 42.7 Å². The van der Waals surface area contributed by atoms with Crippen LogP contribution in [-0.2, 0) is 4.74 Å². The van der Waals surface area contributed by atoms with Gasteiger partial charge in [-0.25, -0.2) is 23.5 Å². The Kier molecular flexibility index (Phi) is 16.7. The Hall–Kier alpha value is -4.33. The quantitative estimate of drug-likeness (QED) is 0.281. The molecule has 1 aromatic carbocycles. The van der Waals surface area contributed by atoms with E-state index in [2.05, 4.69) is 45.3 Å². The monoisotopic (exact) mass is 573 g/mol. The summed E-state index contributed by atoms with van der Waals surface area (Å²) in [4.78, 5) is 19.9. The molecular formula is C30H38F3N5O3. The first kappa shape index (κ1) is 34.7. The van der Waals surface area contributed by atoms with E-state index in [0.717, 1.165) is 12.5 Å². The van der Waals surface area contributed by atoms with Crippen molar-refractivity contribution in [2.75, 3.05) is 19.0 Å². The minimum Gasteiger partial charge on any atom is -0.440 e. The maximum atomic E-state index is 12.5. The maximum absolute atomic E-state index is 12.5. The van der Waals surface area contributed by atoms with Gasteiger partial charge in [-0.2, -0.15) is 5.26 Å². The number of allylic oxidation sites excluding steroid dienone is 4. The van der Waals surface area contributed by atoms with Gasteiger partial charge in [0.15, 0.2) is 6.10 Å². The number of nitrogens with zero attached hydrogens (tertiary/aromatic N) is 3. The minimum absolute atomic E-state index is 0.215. The van der Waals surface area contributed by atoms with Crippen LogP contribution in [0.4, 0.5) is 23.7 Å². The molecule has 2 atom stereocenters. The number of nitrogens with one attached hydrogen (secondary N) is 2. The van der Waals surface area contributed by atoms with Crippen molar-refractivity contribution in [2.45, 2.75) is 65.5 Å². The second-order valence-electron chi connectivity index (χ2n) is 8.54. The number of alkyl halides is 3. The van der Waals surface area contributed by atoms with Crippen LogP contribution in [0.5, 0.6) is 11.8 Å². The van der Waals surface area contributed by atoms with Crippen molar-refractivity contribution in [3.05, 3.63) is 72.1 Å². The van der Waals surface area contributed by atoms with Gasteiger partial charge in [-0.1, -0.05) is 44.9 Å². The molecule has 3 rings (SSSR count). The van der Waals surface area contributed by atoms with E-state index in [-0.39, 0.29) is 6.01 Å². The summed E-state index contributed by atoms with van der Waals surface area (Å²) in [5.74, 6) is 0.520. The lowest BCUT2D eigenvalue weighted by molar-refractivity contribution is -0.00772. The number of unbranched alkanes of at least 4 members (excludes halogenated alkanes) is 1. The number of hydrogen-bond acceptors (Lipinski definition) is 7. The predicted molar refractivity (Wildman–Crippen MR) is 155 cm³/mol. The molecule has 1 aliphatic carbocycles. The average Bonchev–Trinajstić information content (AvgIpc) is 2.99. The van der Waals surface area contributed by atoms with Crippen LogP contribution in [0.15, 0.2) is 66.5 Å². The van der Waals surface area contributed by atoms with Crippen LogP contribution in [0.25, 0.3) is 5.57 Å². The SMILES string of the molecule is CCCC.CCNc1cc(Oc2ncccn2)ccc1/C(C#N)=C/C1=CCC(NC(=O)OC(C)C(F)F)C=C1.CF. The van der Waals surface area contributed by atoms with Gasteiger partial charge in [0.1, 0.15) is 5.75 Å². The van der Waals surface area contributed by atoms with Crippen molar-refractivity contribution in [1.82, 2.24) is 15.3 Å². The number of anilines is 1. The van der Waals surface area contributed by atoms with Crippen LogP contribution in [0.3, 0.4) is 0 Å². The molecule has 0 saturated carbocycles. The van der Waals surface area contributed by atoms with Gasteiger partial charge in [-0.15, -0.1) is 0 Å². The fourth-order valence-corrected chi connectivity index (χ4v) is 3.20. The number of hydrogen-bond donors (Lipinski definition) is 2. The zero-order chi connectivity index (χ0) is 30.6. The van der Waals surface area contributed by atoms with Gasteiger partial charge in [0.05, 0.1) is 24.9 Å². The van der Waals surface area contributed by atoms with Crippen molar-refractivity contribution in [1.29, 1.82) is 5.26 Å². The highest BCUT2D eigenvalue weighted by molar-refractivity contribution is 5.86. The number of alkyl carbamates (subject to hydrolysis) is 1. The van der Waals surface area contributed by atoms with Gasteiger partial charge in [0.2, 0.25) is 0 Å². The number of amides is 1. The number of carbonyl (C=O) groups is 1. The molecule has 0 saturated heterocycles. The van der Waals surface area contributed by atoms with Gasteiger partial charge in [0.25, 0.3) is 6.43 Å². The molecule has 2 aromatic rings. The van der Waals surface area contributed by atoms with E-state index < -0.39 is 24.7 Å². The predicted octanol–water partition coefficient (Wildman–Crippen LogP) is 7.63. The standard InChI is InChI=1S/C25H25F2N5O3.C4H10.CH3F/c1-3-29-22-14-20(35-24-30-11-4-12-31-24)9-10-21(22)18(15-28)13-17-5-7-19(8-6-17)32-25(33)34-16(2)23(26)27;1-3-4-2;1-2/h4-7,9-14,16,19,23,29H,3,8H2,1-2H3,(H,32,33);3-4H2,1-2H3;1H3/b18-13+;;. The van der Waals surface area contributed by atoms with Gasteiger partial charge in [-0.3, -0.25) is 4.39 Å². The normalized spacial score (nSPS) is 14.7. The summed E-state index contributed by atoms with van der Waals surface area (Å²) in [5.41, 5.74) is 2.60. The first-order valence-corrected chi connectivity index (χ1v) is 13.3. The van der Waals surface area contributed by atoms with Crippen LogP contribution in [0, 0.1) is 11.3 Å². The van der Waals surface area contributed by atoms with Gasteiger partial charge >= 0.3 is 12.1 Å². The number of nitriles is 1. The summed E-state index contributed by atoms with van der Waals surface area (Å²) in [6, 6.07) is 9.02. The number of benzene rings is 1. The number of carbonyl (C=O) groups excluding carboxylic acids is 1. The zero-order valence-corrected chi connectivity index (χ0v) is 24.0. The fraction of sp³-hybridized carbons (Fsp3) is 0.400. The molecule has 0 bridgehead atoms. The number of rotatable bonds is 10. The summed E-state index contributed by atoms with van der Waals surface area (Å²) >= 11 is 0. The van der Waals surface area contributed by atoms with Crippen LogP contribution in [0.2, 0.25) is 0 Å². The summed E-state index contributed by atoms with van der Waals surface area (Å²) in [7, 11) is 0.500. The molecule has 1 heterocycles. The molecule has 222 valence electrons. The number of ether oxygens (including phenoxy) is 2. The molecular weight excluding hydrogens is 535 g/mol. The lowest BCUT2D eigenvalue weighted by Crippen LogP contribution is -2.37. The molecule has 1 aliphatic rings. The van der Waals surface area contributed by atoms with Crippen molar-refractivity contribution >= 4 is 17.4 Å². The van der Waals surface area contributed by atoms with Crippen LogP contribution >= 0.6 is 0 Å². The van der Waals surface area contributed by atoms with Crippen molar-refractivity contribution in [2.24, 2.45) is 0 Å². The van der Waals surface area contributed by atoms with E-state index in [1.165, 1.54) is 12.8 Å². The fourth-order valence-electron chi connectivity index (χ4n) is 3.20. The largest absolute Gasteiger partial charge is 0.440 e. The molecule has 0 spiro atoms. The molecule has 2 N–H and O–H groups in total. The number of aromatic nitrogens is 2. The van der Waals surface area contributed by atoms with E-state index in [1.807, 2.05) is 13.0 Å². The van der Waals surface area contributed by atoms with Crippen molar-refractivity contribution < 1.29 is 27.4 Å². The van der Waals surface area contributed by atoms with E-state index >= 15 is 0 Å². The molecule has 1 aromatic heterocycles. The topological polar surface area (TPSA) is 109 Å². The third kappa shape index (κ3) is 12.6. The Morgan fingerprint density at radius 2 is 1.88 bits per heavy atom. The Balaban J connectivity index is 0.00000129. The van der Waals surface area contributed by atoms with Crippen molar-refractivity contribution in [3.63, 3.8) is 0 Å². The Bertz CT molecular complexity index is 1200. The van der Waals surface area contributed by atoms with Crippen LogP contribution in [0.1, 0.15) is 52.5 Å². The summed E-state index contributed by atoms with van der Waals surface area (Å²) in [5, 5.41) is 15.6. The van der Waals surface area contributed by atoms with Crippen LogP contribution < -0.4 is 15.4 Å². The summed E-state index contributed by atoms with van der Waals surface area (Å²) < 4.78 is 44.9. The second kappa shape index (κ2) is 19.7. The highest BCUT2D eigenvalue weighted by atomic mass is 19.3. The molecule has 2 unspecified atom stereocenters. The molecule has 0 aliphatic heterocycles. The number of halogens is 3. The van der Waals surface area contributed by atoms with E-state index in [4.69, 9.17) is 4.74 Å². The molecule has 1 amide bonds. The molecule has 0 radical (unpaired) electrons. The van der Waals surface area contributed by atoms with Crippen LogP contribution in [-0.4, -0.2) is 48.4 Å². The third-order valence-corrected chi connectivity index (χ3v) is 5.41. The first-order valence-electron chi connectivity index (χ1n) is 13.3. The zero-order valence-electron chi connectivity index (χ0n) is 24.0. The highest BCUT2D eigenvalue weighted by Crippen LogP contribution is 2.31. The Morgan fingerprint density at radius 3 is 2.41 bits per heavy atom. The van der Waals surface area contributed by atoms with E-state index in [9.17, 15) is 23.2 Å². The highest BCUT2D eigenvalue weighted by Gasteiger charge is 2.21. The summed E-state index contributed by atoms with van der Waals surface area (Å²) in [6.07, 6.45) is 8.13. The first-order chi connectivity index (χ1) is 19.8. The summed E-state index contributed by atoms with van der Waals surface area (Å²) in [6.45, 7) is 8.07.